The first-order chi connectivity index (χ1) is 11.3. The van der Waals surface area contributed by atoms with Crippen LogP contribution in [0.5, 0.6) is 0 Å². The first kappa shape index (κ1) is 16.4. The first-order valence-electron chi connectivity index (χ1n) is 7.93. The van der Waals surface area contributed by atoms with Crippen LogP contribution in [-0.2, 0) is 17.8 Å². The molecule has 0 saturated carbocycles. The predicted molar refractivity (Wildman–Crippen MR) is 85.8 cm³/mol. The molecule has 0 radical (unpaired) electrons. The van der Waals surface area contributed by atoms with Crippen LogP contribution in [0.4, 0.5) is 0 Å². The number of ether oxygens (including phenoxy) is 1. The Morgan fingerprint density at radius 1 is 1.30 bits per heavy atom. The molecular weight excluding hydrogens is 314 g/mol. The van der Waals surface area contributed by atoms with Crippen molar-refractivity contribution in [2.45, 2.75) is 50.5 Å². The maximum atomic E-state index is 5.53. The first-order valence-corrected chi connectivity index (χ1v) is 8.92. The van der Waals surface area contributed by atoms with Crippen molar-refractivity contribution in [3.05, 3.63) is 29.7 Å². The summed E-state index contributed by atoms with van der Waals surface area (Å²) in [7, 11) is 0. The largest absolute Gasteiger partial charge is 0.368 e. The number of hydrogen-bond donors (Lipinski definition) is 1. The fourth-order valence-corrected chi connectivity index (χ4v) is 2.90. The van der Waals surface area contributed by atoms with Gasteiger partial charge in [-0.15, -0.1) is 0 Å². The molecule has 1 fully saturated rings. The summed E-state index contributed by atoms with van der Waals surface area (Å²) in [5.74, 6) is 2.27. The van der Waals surface area contributed by atoms with Crippen molar-refractivity contribution in [1.82, 2.24) is 25.4 Å². The summed E-state index contributed by atoms with van der Waals surface area (Å²) < 4.78 is 10.8. The second-order valence-electron chi connectivity index (χ2n) is 5.38. The lowest BCUT2D eigenvalue weighted by Crippen LogP contribution is -2.14. The van der Waals surface area contributed by atoms with E-state index in [0.717, 1.165) is 42.3 Å². The second-order valence-corrected chi connectivity index (χ2v) is 6.44. The van der Waals surface area contributed by atoms with Crippen molar-refractivity contribution in [3.63, 3.8) is 0 Å². The molecule has 0 amide bonds. The summed E-state index contributed by atoms with van der Waals surface area (Å²) in [4.78, 5) is 13.1. The minimum absolute atomic E-state index is 0.0298. The molecule has 0 spiro atoms. The summed E-state index contributed by atoms with van der Waals surface area (Å²) in [5.41, 5.74) is 1.04. The van der Waals surface area contributed by atoms with E-state index >= 15 is 0 Å². The van der Waals surface area contributed by atoms with Crippen LogP contribution in [-0.4, -0.2) is 32.5 Å². The number of rotatable bonds is 8. The van der Waals surface area contributed by atoms with Gasteiger partial charge in [-0.2, -0.15) is 4.98 Å². The minimum atomic E-state index is -0.0298. The third-order valence-corrected chi connectivity index (χ3v) is 4.50. The van der Waals surface area contributed by atoms with Crippen molar-refractivity contribution in [1.29, 1.82) is 0 Å². The average molecular weight is 335 g/mol. The van der Waals surface area contributed by atoms with Gasteiger partial charge in [0, 0.05) is 36.9 Å². The third kappa shape index (κ3) is 4.73. The second kappa shape index (κ2) is 8.37. The lowest BCUT2D eigenvalue weighted by atomic mass is 10.2. The predicted octanol–water partition coefficient (Wildman–Crippen LogP) is 2.50. The quantitative estimate of drug-likeness (QED) is 0.582. The van der Waals surface area contributed by atoms with Crippen LogP contribution in [0.25, 0.3) is 0 Å². The molecule has 2 aromatic heterocycles. The smallest absolute Gasteiger partial charge is 0.255 e. The summed E-state index contributed by atoms with van der Waals surface area (Å²) in [6.45, 7) is 4.13. The molecule has 2 aromatic rings. The van der Waals surface area contributed by atoms with E-state index in [1.54, 1.807) is 11.8 Å². The number of thioether (sulfide) groups is 1. The summed E-state index contributed by atoms with van der Waals surface area (Å²) >= 11 is 1.68. The van der Waals surface area contributed by atoms with Gasteiger partial charge in [0.1, 0.15) is 6.10 Å². The van der Waals surface area contributed by atoms with Gasteiger partial charge in [0.05, 0.1) is 6.54 Å². The zero-order valence-corrected chi connectivity index (χ0v) is 14.0. The molecule has 0 bridgehead atoms. The van der Waals surface area contributed by atoms with Crippen LogP contribution in [0, 0.1) is 0 Å². The fraction of sp³-hybridized carbons (Fsp3) is 0.600. The molecule has 1 aliphatic rings. The highest BCUT2D eigenvalue weighted by Crippen LogP contribution is 2.26. The monoisotopic (exact) mass is 335 g/mol. The molecule has 1 aliphatic heterocycles. The molecule has 1 atom stereocenters. The Labute approximate surface area is 139 Å². The van der Waals surface area contributed by atoms with E-state index in [0.29, 0.717) is 24.8 Å². The molecule has 0 aromatic carbocycles. The van der Waals surface area contributed by atoms with E-state index in [1.165, 1.54) is 0 Å². The Balaban J connectivity index is 1.44. The molecule has 124 valence electrons. The van der Waals surface area contributed by atoms with Crippen molar-refractivity contribution in [3.8, 4) is 0 Å². The SMILES string of the molecule is CCCSc1ncc(CNCc2noc([C@H]3CCCO3)n2)cn1. The maximum absolute atomic E-state index is 5.53. The lowest BCUT2D eigenvalue weighted by Gasteiger charge is -2.03. The van der Waals surface area contributed by atoms with Crippen LogP contribution in [0.3, 0.4) is 0 Å². The average Bonchev–Trinajstić information content (AvgIpc) is 3.25. The molecule has 1 saturated heterocycles. The highest BCUT2D eigenvalue weighted by Gasteiger charge is 2.23. The molecular formula is C15H21N5O2S. The van der Waals surface area contributed by atoms with E-state index in [-0.39, 0.29) is 6.10 Å². The Hall–Kier alpha value is -1.51. The van der Waals surface area contributed by atoms with Gasteiger partial charge in [0.15, 0.2) is 11.0 Å². The molecule has 8 heteroatoms. The van der Waals surface area contributed by atoms with E-state index in [4.69, 9.17) is 9.26 Å². The summed E-state index contributed by atoms with van der Waals surface area (Å²) in [6, 6.07) is 0. The van der Waals surface area contributed by atoms with Crippen molar-refractivity contribution < 1.29 is 9.26 Å². The molecule has 0 unspecified atom stereocenters. The summed E-state index contributed by atoms with van der Waals surface area (Å²) in [6.07, 6.45) is 6.80. The van der Waals surface area contributed by atoms with Crippen molar-refractivity contribution in [2.24, 2.45) is 0 Å². The number of nitrogens with one attached hydrogen (secondary N) is 1. The summed E-state index contributed by atoms with van der Waals surface area (Å²) in [5, 5.41) is 8.08. The highest BCUT2D eigenvalue weighted by molar-refractivity contribution is 7.99. The maximum Gasteiger partial charge on any atom is 0.255 e. The van der Waals surface area contributed by atoms with Gasteiger partial charge in [-0.1, -0.05) is 23.8 Å². The van der Waals surface area contributed by atoms with Crippen LogP contribution < -0.4 is 5.32 Å². The van der Waals surface area contributed by atoms with Gasteiger partial charge >= 0.3 is 0 Å². The Morgan fingerprint density at radius 2 is 2.17 bits per heavy atom. The molecule has 0 aliphatic carbocycles. The van der Waals surface area contributed by atoms with Crippen LogP contribution in [0.1, 0.15) is 49.6 Å². The van der Waals surface area contributed by atoms with Gasteiger partial charge in [-0.05, 0) is 19.3 Å². The molecule has 3 heterocycles. The van der Waals surface area contributed by atoms with E-state index < -0.39 is 0 Å². The Kier molecular flexibility index (Phi) is 5.95. The third-order valence-electron chi connectivity index (χ3n) is 3.42. The normalized spacial score (nSPS) is 17.7. The standard InChI is InChI=1S/C15H21N5O2S/c1-2-6-23-15-17-8-11(9-18-15)7-16-10-13-19-14(22-20-13)12-4-3-5-21-12/h8-9,12,16H,2-7,10H2,1H3/t12-/m1/s1. The van der Waals surface area contributed by atoms with Crippen LogP contribution in [0.15, 0.2) is 22.1 Å². The van der Waals surface area contributed by atoms with Gasteiger partial charge in [0.25, 0.3) is 5.89 Å². The fourth-order valence-electron chi connectivity index (χ4n) is 2.26. The zero-order chi connectivity index (χ0) is 15.9. The zero-order valence-electron chi connectivity index (χ0n) is 13.2. The Morgan fingerprint density at radius 3 is 2.91 bits per heavy atom. The van der Waals surface area contributed by atoms with Gasteiger partial charge < -0.3 is 14.6 Å². The van der Waals surface area contributed by atoms with E-state index in [1.807, 2.05) is 12.4 Å². The van der Waals surface area contributed by atoms with Crippen molar-refractivity contribution >= 4 is 11.8 Å². The van der Waals surface area contributed by atoms with E-state index in [2.05, 4.69) is 32.3 Å². The lowest BCUT2D eigenvalue weighted by molar-refractivity contribution is 0.0835. The molecule has 23 heavy (non-hydrogen) atoms. The number of aromatic nitrogens is 4. The van der Waals surface area contributed by atoms with Crippen molar-refractivity contribution in [2.75, 3.05) is 12.4 Å². The van der Waals surface area contributed by atoms with Crippen LogP contribution >= 0.6 is 11.8 Å². The van der Waals surface area contributed by atoms with E-state index in [9.17, 15) is 0 Å². The topological polar surface area (TPSA) is 86.0 Å². The van der Waals surface area contributed by atoms with Gasteiger partial charge in [-0.3, -0.25) is 0 Å². The number of hydrogen-bond acceptors (Lipinski definition) is 8. The highest BCUT2D eigenvalue weighted by atomic mass is 32.2. The van der Waals surface area contributed by atoms with Crippen LogP contribution in [0.2, 0.25) is 0 Å². The molecule has 1 N–H and O–H groups in total. The molecule has 7 nitrogen and oxygen atoms in total. The number of nitrogens with zero attached hydrogens (tertiary/aromatic N) is 4. The Bertz CT molecular complexity index is 598. The van der Waals surface area contributed by atoms with Gasteiger partial charge in [-0.25, -0.2) is 9.97 Å². The van der Waals surface area contributed by atoms with Gasteiger partial charge in [0.2, 0.25) is 0 Å². The molecule has 3 rings (SSSR count). The minimum Gasteiger partial charge on any atom is -0.368 e.